The highest BCUT2D eigenvalue weighted by molar-refractivity contribution is 8.27. The SMILES string of the molecule is Cc1ccc(-n2c(C)cc(C=C3C(=N)N4N=C(COc5ccccc5C)SC4=NC3=O)c2C)c(C)c1. The van der Waals surface area contributed by atoms with E-state index in [1.54, 1.807) is 6.08 Å². The predicted octanol–water partition coefficient (Wildman–Crippen LogP) is 5.72. The summed E-state index contributed by atoms with van der Waals surface area (Å²) in [5, 5.41) is 15.7. The number of hydrogen-bond acceptors (Lipinski definition) is 5. The molecule has 3 heterocycles. The van der Waals surface area contributed by atoms with Crippen molar-refractivity contribution >= 4 is 39.8 Å². The van der Waals surface area contributed by atoms with Gasteiger partial charge in [-0.05, 0) is 87.3 Å². The molecule has 5 rings (SSSR count). The topological polar surface area (TPSA) is 83.0 Å². The third-order valence-corrected chi connectivity index (χ3v) is 7.19. The zero-order valence-electron chi connectivity index (χ0n) is 20.9. The lowest BCUT2D eigenvalue weighted by Gasteiger charge is -2.20. The summed E-state index contributed by atoms with van der Waals surface area (Å²) in [4.78, 5) is 17.1. The number of aryl methyl sites for hydroxylation is 4. The number of carbonyl (C=O) groups is 1. The van der Waals surface area contributed by atoms with Crippen molar-refractivity contribution in [2.75, 3.05) is 6.61 Å². The molecule has 0 saturated carbocycles. The number of hydrazone groups is 1. The third kappa shape index (κ3) is 4.28. The van der Waals surface area contributed by atoms with E-state index in [0.29, 0.717) is 10.2 Å². The lowest BCUT2D eigenvalue weighted by Crippen LogP contribution is -2.35. The Morgan fingerprint density at radius 2 is 1.81 bits per heavy atom. The van der Waals surface area contributed by atoms with E-state index >= 15 is 0 Å². The van der Waals surface area contributed by atoms with Crippen molar-refractivity contribution in [2.45, 2.75) is 34.6 Å². The first-order valence-electron chi connectivity index (χ1n) is 11.7. The molecule has 0 unspecified atom stereocenters. The summed E-state index contributed by atoms with van der Waals surface area (Å²) in [5.41, 5.74) is 7.65. The molecule has 0 aliphatic carbocycles. The summed E-state index contributed by atoms with van der Waals surface area (Å²) < 4.78 is 8.07. The lowest BCUT2D eigenvalue weighted by molar-refractivity contribution is -0.114. The Morgan fingerprint density at radius 3 is 2.56 bits per heavy atom. The molecule has 182 valence electrons. The standard InChI is InChI=1S/C28H27N5O2S/c1-16-10-11-23(18(3)12-16)32-19(4)13-21(20(32)5)14-22-26(29)33-28(30-27(22)34)36-25(31-33)15-35-24-9-7-6-8-17(24)2/h6-14,29H,15H2,1-5H3. The molecule has 0 spiro atoms. The Kier molecular flexibility index (Phi) is 6.14. The number of fused-ring (bicyclic) bond motifs is 1. The van der Waals surface area contributed by atoms with Gasteiger partial charge in [0.25, 0.3) is 5.91 Å². The van der Waals surface area contributed by atoms with Crippen molar-refractivity contribution in [3.8, 4) is 11.4 Å². The van der Waals surface area contributed by atoms with Gasteiger partial charge in [-0.3, -0.25) is 10.2 Å². The molecular formula is C28H27N5O2S. The second-order valence-electron chi connectivity index (χ2n) is 9.02. The number of para-hydroxylation sites is 1. The molecule has 0 radical (unpaired) electrons. The van der Waals surface area contributed by atoms with Gasteiger partial charge in [0.2, 0.25) is 5.17 Å². The molecule has 1 amide bonds. The number of rotatable bonds is 5. The van der Waals surface area contributed by atoms with Crippen LogP contribution in [0.25, 0.3) is 11.8 Å². The van der Waals surface area contributed by atoms with Crippen LogP contribution in [-0.2, 0) is 4.79 Å². The van der Waals surface area contributed by atoms with E-state index in [0.717, 1.165) is 34.0 Å². The molecule has 1 aromatic heterocycles. The van der Waals surface area contributed by atoms with Gasteiger partial charge in [-0.1, -0.05) is 35.9 Å². The van der Waals surface area contributed by atoms with Gasteiger partial charge in [0.05, 0.1) is 5.57 Å². The van der Waals surface area contributed by atoms with Gasteiger partial charge in [-0.2, -0.15) is 15.1 Å². The monoisotopic (exact) mass is 497 g/mol. The van der Waals surface area contributed by atoms with Crippen molar-refractivity contribution in [3.05, 3.63) is 87.7 Å². The minimum atomic E-state index is -0.439. The molecule has 7 nitrogen and oxygen atoms in total. The maximum atomic E-state index is 12.9. The van der Waals surface area contributed by atoms with Crippen molar-refractivity contribution < 1.29 is 9.53 Å². The highest BCUT2D eigenvalue weighted by Crippen LogP contribution is 2.31. The third-order valence-electron chi connectivity index (χ3n) is 6.30. The normalized spacial score (nSPS) is 16.4. The van der Waals surface area contributed by atoms with Crippen LogP contribution in [-0.4, -0.2) is 38.1 Å². The van der Waals surface area contributed by atoms with Crippen LogP contribution in [0.4, 0.5) is 0 Å². The van der Waals surface area contributed by atoms with Crippen LogP contribution in [0.3, 0.4) is 0 Å². The largest absolute Gasteiger partial charge is 0.486 e. The fourth-order valence-corrected chi connectivity index (χ4v) is 5.26. The average Bonchev–Trinajstić information content (AvgIpc) is 3.36. The summed E-state index contributed by atoms with van der Waals surface area (Å²) in [5.74, 6) is 0.351. The minimum absolute atomic E-state index is 0.0136. The predicted molar refractivity (Wildman–Crippen MR) is 146 cm³/mol. The van der Waals surface area contributed by atoms with Gasteiger partial charge in [-0.25, -0.2) is 0 Å². The van der Waals surface area contributed by atoms with Crippen LogP contribution in [0.15, 0.2) is 64.2 Å². The Morgan fingerprint density at radius 1 is 1.03 bits per heavy atom. The number of ether oxygens (including phenoxy) is 1. The molecule has 8 heteroatoms. The number of thioether (sulfide) groups is 1. The Hall–Kier alpha value is -3.91. The summed E-state index contributed by atoms with van der Waals surface area (Å²) in [6, 6.07) is 16.2. The zero-order chi connectivity index (χ0) is 25.6. The smallest absolute Gasteiger partial charge is 0.283 e. The maximum absolute atomic E-state index is 12.9. The van der Waals surface area contributed by atoms with E-state index in [-0.39, 0.29) is 18.0 Å². The highest BCUT2D eigenvalue weighted by atomic mass is 32.2. The number of hydrogen-bond donors (Lipinski definition) is 1. The number of amides is 1. The van der Waals surface area contributed by atoms with Crippen LogP contribution in [0.2, 0.25) is 0 Å². The average molecular weight is 498 g/mol. The second kappa shape index (κ2) is 9.28. The van der Waals surface area contributed by atoms with E-state index in [1.807, 2.05) is 51.1 Å². The van der Waals surface area contributed by atoms with E-state index in [4.69, 9.17) is 10.1 Å². The molecule has 2 aromatic carbocycles. The molecule has 36 heavy (non-hydrogen) atoms. The molecule has 0 bridgehead atoms. The van der Waals surface area contributed by atoms with E-state index in [2.05, 4.69) is 46.7 Å². The van der Waals surface area contributed by atoms with Crippen LogP contribution < -0.4 is 4.74 Å². The summed E-state index contributed by atoms with van der Waals surface area (Å²) in [6.07, 6.45) is 1.75. The molecule has 3 aromatic rings. The highest BCUT2D eigenvalue weighted by Gasteiger charge is 2.36. The van der Waals surface area contributed by atoms with Crippen LogP contribution in [0.5, 0.6) is 5.75 Å². The van der Waals surface area contributed by atoms with Crippen molar-refractivity contribution in [2.24, 2.45) is 10.1 Å². The van der Waals surface area contributed by atoms with Gasteiger partial charge in [0.15, 0.2) is 5.84 Å². The number of amidine groups is 2. The van der Waals surface area contributed by atoms with Crippen molar-refractivity contribution in [1.82, 2.24) is 9.58 Å². The first-order valence-corrected chi connectivity index (χ1v) is 12.5. The first-order chi connectivity index (χ1) is 17.2. The second-order valence-corrected chi connectivity index (χ2v) is 10.1. The van der Waals surface area contributed by atoms with Gasteiger partial charge >= 0.3 is 0 Å². The number of nitrogens with one attached hydrogen (secondary N) is 1. The summed E-state index contributed by atoms with van der Waals surface area (Å²) in [6.45, 7) is 10.5. The molecule has 0 saturated heterocycles. The Labute approximate surface area is 214 Å². The Bertz CT molecular complexity index is 1510. The number of carbonyl (C=O) groups excluding carboxylic acids is 1. The number of nitrogens with zero attached hydrogens (tertiary/aromatic N) is 4. The fourth-order valence-electron chi connectivity index (χ4n) is 4.46. The number of aromatic nitrogens is 1. The van der Waals surface area contributed by atoms with Crippen LogP contribution >= 0.6 is 11.8 Å². The number of benzene rings is 2. The molecule has 0 fully saturated rings. The lowest BCUT2D eigenvalue weighted by atomic mass is 10.1. The maximum Gasteiger partial charge on any atom is 0.283 e. The van der Waals surface area contributed by atoms with Gasteiger partial charge in [0.1, 0.15) is 17.4 Å². The van der Waals surface area contributed by atoms with E-state index < -0.39 is 5.91 Å². The molecular weight excluding hydrogens is 470 g/mol. The quantitative estimate of drug-likeness (QED) is 0.457. The van der Waals surface area contributed by atoms with Gasteiger partial charge < -0.3 is 9.30 Å². The molecule has 1 N–H and O–H groups in total. The number of aliphatic imine (C=N–C) groups is 1. The van der Waals surface area contributed by atoms with Crippen molar-refractivity contribution in [3.63, 3.8) is 0 Å². The van der Waals surface area contributed by atoms with Gasteiger partial charge in [0, 0.05) is 17.1 Å². The zero-order valence-corrected chi connectivity index (χ0v) is 21.7. The van der Waals surface area contributed by atoms with Crippen LogP contribution in [0.1, 0.15) is 33.6 Å². The Balaban J connectivity index is 1.42. The fraction of sp³-hybridized carbons (Fsp3) is 0.214. The summed E-state index contributed by atoms with van der Waals surface area (Å²) >= 11 is 1.25. The van der Waals surface area contributed by atoms with Crippen LogP contribution in [0, 0.1) is 40.0 Å². The van der Waals surface area contributed by atoms with Crippen molar-refractivity contribution in [1.29, 1.82) is 5.41 Å². The van der Waals surface area contributed by atoms with E-state index in [1.165, 1.54) is 27.9 Å². The molecule has 0 atom stereocenters. The summed E-state index contributed by atoms with van der Waals surface area (Å²) in [7, 11) is 0. The molecule has 2 aliphatic heterocycles. The van der Waals surface area contributed by atoms with Gasteiger partial charge in [-0.15, -0.1) is 0 Å². The first kappa shape index (κ1) is 23.8. The minimum Gasteiger partial charge on any atom is -0.486 e. The van der Waals surface area contributed by atoms with E-state index in [9.17, 15) is 4.79 Å². The molecule has 2 aliphatic rings.